The lowest BCUT2D eigenvalue weighted by Gasteiger charge is -2.13. The minimum atomic E-state index is -0.788. The van der Waals surface area contributed by atoms with E-state index in [1.165, 1.54) is 4.68 Å². The summed E-state index contributed by atoms with van der Waals surface area (Å²) in [6.07, 6.45) is -0.788. The molecule has 0 saturated carbocycles. The van der Waals surface area contributed by atoms with Crippen molar-refractivity contribution in [2.24, 2.45) is 7.05 Å². The topological polar surface area (TPSA) is 93.2 Å². The van der Waals surface area contributed by atoms with Gasteiger partial charge in [-0.1, -0.05) is 36.4 Å². The summed E-state index contributed by atoms with van der Waals surface area (Å²) in [4.78, 5) is 10.7. The van der Waals surface area contributed by atoms with Crippen LogP contribution in [-0.4, -0.2) is 26.4 Å². The number of nitro groups is 1. The smallest absolute Gasteiger partial charge is 0.333 e. The number of rotatable bonds is 5. The monoisotopic (exact) mass is 326 g/mol. The molecule has 1 atom stereocenters. The number of nitrogens with zero attached hydrogens (tertiary/aromatic N) is 3. The van der Waals surface area contributed by atoms with Crippen LogP contribution in [0, 0.1) is 17.0 Å². The molecule has 7 nitrogen and oxygen atoms in total. The number of aliphatic hydroxyl groups excluding tert-OH is 1. The van der Waals surface area contributed by atoms with Gasteiger partial charge in [-0.15, -0.1) is 0 Å². The number of fused-ring (bicyclic) bond motifs is 1. The van der Waals surface area contributed by atoms with Gasteiger partial charge in [0.05, 0.1) is 11.0 Å². The normalized spacial score (nSPS) is 12.3. The van der Waals surface area contributed by atoms with Gasteiger partial charge in [0.1, 0.15) is 5.69 Å². The summed E-state index contributed by atoms with van der Waals surface area (Å²) in [6, 6.07) is 13.6. The molecule has 0 bridgehead atoms. The van der Waals surface area contributed by atoms with Gasteiger partial charge in [0, 0.05) is 13.6 Å². The molecule has 2 aromatic carbocycles. The van der Waals surface area contributed by atoms with Crippen LogP contribution in [0.15, 0.2) is 42.5 Å². The highest BCUT2D eigenvalue weighted by Gasteiger charge is 2.24. The Hall–Kier alpha value is -2.93. The molecule has 0 aliphatic heterocycles. The second-order valence-corrected chi connectivity index (χ2v) is 5.67. The van der Waals surface area contributed by atoms with Gasteiger partial charge in [-0.2, -0.15) is 5.10 Å². The minimum Gasteiger partial charge on any atom is -0.387 e. The molecule has 0 saturated heterocycles. The number of aromatic nitrogens is 2. The van der Waals surface area contributed by atoms with Crippen molar-refractivity contribution in [2.45, 2.75) is 13.0 Å². The molecule has 24 heavy (non-hydrogen) atoms. The van der Waals surface area contributed by atoms with E-state index in [-0.39, 0.29) is 18.1 Å². The minimum absolute atomic E-state index is 0.0665. The standard InChI is InChI=1S/C17H18N4O3/c1-11-16(21(23)24)17(20(2)19-11)18-10-15(22)14-8-7-12-5-3-4-6-13(12)9-14/h3-9,15,18,22H,10H2,1-2H3/t15-/m1/s1. The first-order valence-corrected chi connectivity index (χ1v) is 7.56. The van der Waals surface area contributed by atoms with Gasteiger partial charge in [-0.3, -0.25) is 10.1 Å². The van der Waals surface area contributed by atoms with Gasteiger partial charge in [0.2, 0.25) is 5.82 Å². The molecule has 7 heteroatoms. The highest BCUT2D eigenvalue weighted by Crippen LogP contribution is 2.28. The maximum atomic E-state index is 11.2. The van der Waals surface area contributed by atoms with Gasteiger partial charge in [-0.05, 0) is 29.3 Å². The van der Waals surface area contributed by atoms with E-state index in [2.05, 4.69) is 10.4 Å². The average Bonchev–Trinajstić information content (AvgIpc) is 2.85. The first-order chi connectivity index (χ1) is 11.5. The van der Waals surface area contributed by atoms with Gasteiger partial charge in [0.25, 0.3) is 0 Å². The fraction of sp³-hybridized carbons (Fsp3) is 0.235. The molecule has 0 amide bonds. The summed E-state index contributed by atoms with van der Waals surface area (Å²) >= 11 is 0. The third-order valence-electron chi connectivity index (χ3n) is 3.99. The number of aryl methyl sites for hydroxylation is 2. The third kappa shape index (κ3) is 2.93. The molecular weight excluding hydrogens is 308 g/mol. The van der Waals surface area contributed by atoms with Gasteiger partial charge in [-0.25, -0.2) is 4.68 Å². The Labute approximate surface area is 138 Å². The molecule has 0 unspecified atom stereocenters. The molecule has 3 aromatic rings. The molecule has 0 spiro atoms. The highest BCUT2D eigenvalue weighted by molar-refractivity contribution is 5.83. The average molecular weight is 326 g/mol. The molecule has 0 radical (unpaired) electrons. The zero-order valence-electron chi connectivity index (χ0n) is 13.4. The van der Waals surface area contributed by atoms with E-state index in [0.29, 0.717) is 5.69 Å². The third-order valence-corrected chi connectivity index (χ3v) is 3.99. The quantitative estimate of drug-likeness (QED) is 0.555. The molecule has 1 aromatic heterocycles. The Morgan fingerprint density at radius 1 is 1.29 bits per heavy atom. The maximum absolute atomic E-state index is 11.2. The van der Waals surface area contributed by atoms with Crippen LogP contribution in [0.25, 0.3) is 10.8 Å². The van der Waals surface area contributed by atoms with Gasteiger partial charge < -0.3 is 10.4 Å². The van der Waals surface area contributed by atoms with Crippen LogP contribution < -0.4 is 5.32 Å². The van der Waals surface area contributed by atoms with Crippen molar-refractivity contribution in [3.05, 3.63) is 63.8 Å². The number of benzene rings is 2. The van der Waals surface area contributed by atoms with E-state index in [4.69, 9.17) is 0 Å². The van der Waals surface area contributed by atoms with Gasteiger partial charge in [0.15, 0.2) is 0 Å². The molecule has 0 aliphatic rings. The van der Waals surface area contributed by atoms with Crippen LogP contribution in [0.1, 0.15) is 17.4 Å². The summed E-state index contributed by atoms with van der Waals surface area (Å²) in [7, 11) is 1.63. The summed E-state index contributed by atoms with van der Waals surface area (Å²) in [5.74, 6) is 0.289. The maximum Gasteiger partial charge on any atom is 0.333 e. The first-order valence-electron chi connectivity index (χ1n) is 7.56. The lowest BCUT2D eigenvalue weighted by Crippen LogP contribution is -2.15. The lowest BCUT2D eigenvalue weighted by molar-refractivity contribution is -0.384. The fourth-order valence-corrected chi connectivity index (χ4v) is 2.79. The first kappa shape index (κ1) is 15.9. The number of aliphatic hydroxyl groups is 1. The lowest BCUT2D eigenvalue weighted by atomic mass is 10.0. The molecule has 0 aliphatic carbocycles. The number of nitrogens with one attached hydrogen (secondary N) is 1. The summed E-state index contributed by atoms with van der Waals surface area (Å²) in [5, 5.41) is 30.7. The number of anilines is 1. The number of hydrogen-bond acceptors (Lipinski definition) is 5. The molecular formula is C17H18N4O3. The van der Waals surface area contributed by atoms with Crippen LogP contribution in [0.2, 0.25) is 0 Å². The molecule has 2 N–H and O–H groups in total. The molecule has 3 rings (SSSR count). The molecule has 124 valence electrons. The Morgan fingerprint density at radius 3 is 2.71 bits per heavy atom. The Bertz CT molecular complexity index is 904. The van der Waals surface area contributed by atoms with Crippen LogP contribution in [0.5, 0.6) is 0 Å². The summed E-state index contributed by atoms with van der Waals surface area (Å²) < 4.78 is 1.42. The van der Waals surface area contributed by atoms with Crippen LogP contribution >= 0.6 is 0 Å². The molecule has 0 fully saturated rings. The van der Waals surface area contributed by atoms with Crippen LogP contribution in [0.3, 0.4) is 0 Å². The van der Waals surface area contributed by atoms with E-state index in [0.717, 1.165) is 16.3 Å². The van der Waals surface area contributed by atoms with Crippen molar-refractivity contribution in [1.29, 1.82) is 0 Å². The van der Waals surface area contributed by atoms with Crippen molar-refractivity contribution < 1.29 is 10.0 Å². The predicted octanol–water partition coefficient (Wildman–Crippen LogP) is 2.94. The predicted molar refractivity (Wildman–Crippen MR) is 92.0 cm³/mol. The Morgan fingerprint density at radius 2 is 2.00 bits per heavy atom. The zero-order chi connectivity index (χ0) is 17.3. The highest BCUT2D eigenvalue weighted by atomic mass is 16.6. The van der Waals surface area contributed by atoms with Crippen molar-refractivity contribution in [3.63, 3.8) is 0 Å². The Balaban J connectivity index is 1.80. The Kier molecular flexibility index (Phi) is 4.18. The second-order valence-electron chi connectivity index (χ2n) is 5.67. The number of hydrogen-bond donors (Lipinski definition) is 2. The van der Waals surface area contributed by atoms with E-state index in [9.17, 15) is 15.2 Å². The zero-order valence-corrected chi connectivity index (χ0v) is 13.4. The van der Waals surface area contributed by atoms with Crippen molar-refractivity contribution >= 4 is 22.3 Å². The molecule has 1 heterocycles. The second kappa shape index (κ2) is 6.29. The van der Waals surface area contributed by atoms with Crippen molar-refractivity contribution in [3.8, 4) is 0 Å². The van der Waals surface area contributed by atoms with E-state index in [1.54, 1.807) is 14.0 Å². The fourth-order valence-electron chi connectivity index (χ4n) is 2.79. The summed E-state index contributed by atoms with van der Waals surface area (Å²) in [6.45, 7) is 1.74. The van der Waals surface area contributed by atoms with Crippen LogP contribution in [0.4, 0.5) is 11.5 Å². The SMILES string of the molecule is Cc1nn(C)c(NC[C@@H](O)c2ccc3ccccc3c2)c1[N+](=O)[O-]. The van der Waals surface area contributed by atoms with Crippen molar-refractivity contribution in [1.82, 2.24) is 9.78 Å². The summed E-state index contributed by atoms with van der Waals surface area (Å²) in [5.41, 5.74) is 1.02. The van der Waals surface area contributed by atoms with Crippen LogP contribution in [-0.2, 0) is 7.05 Å². The largest absolute Gasteiger partial charge is 0.387 e. The van der Waals surface area contributed by atoms with E-state index < -0.39 is 11.0 Å². The van der Waals surface area contributed by atoms with E-state index >= 15 is 0 Å². The van der Waals surface area contributed by atoms with E-state index in [1.807, 2.05) is 42.5 Å². The van der Waals surface area contributed by atoms with Gasteiger partial charge >= 0.3 is 5.69 Å². The van der Waals surface area contributed by atoms with Crippen molar-refractivity contribution in [2.75, 3.05) is 11.9 Å².